The Morgan fingerprint density at radius 1 is 0.775 bits per heavy atom. The van der Waals surface area contributed by atoms with Crippen molar-refractivity contribution in [1.29, 1.82) is 0 Å². The highest BCUT2D eigenvalue weighted by molar-refractivity contribution is 6.16. The molecule has 2 aromatic rings. The average molecular weight is 565 g/mol. The normalized spacial score (nSPS) is 37.5. The van der Waals surface area contributed by atoms with E-state index in [9.17, 15) is 50.8 Å². The lowest BCUT2D eigenvalue weighted by Gasteiger charge is -2.45. The van der Waals surface area contributed by atoms with Crippen LogP contribution in [0, 0.1) is 6.92 Å². The second kappa shape index (κ2) is 10.9. The Hall–Kier alpha value is -2.69. The lowest BCUT2D eigenvalue weighted by molar-refractivity contribution is -0.277. The Morgan fingerprint density at radius 3 is 2.05 bits per heavy atom. The highest BCUT2D eigenvalue weighted by atomic mass is 16.7. The van der Waals surface area contributed by atoms with Gasteiger partial charge in [-0.25, -0.2) is 0 Å². The third-order valence-electron chi connectivity index (χ3n) is 7.82. The molecule has 2 heterocycles. The van der Waals surface area contributed by atoms with Crippen molar-refractivity contribution in [3.05, 3.63) is 58.1 Å². The molecular weight excluding hydrogens is 532 g/mol. The van der Waals surface area contributed by atoms with Gasteiger partial charge in [-0.3, -0.25) is 4.79 Å². The molecule has 0 bridgehead atoms. The largest absolute Gasteiger partial charge is 0.507 e. The molecule has 0 aromatic heterocycles. The summed E-state index contributed by atoms with van der Waals surface area (Å²) >= 11 is 0. The van der Waals surface area contributed by atoms with Crippen LogP contribution in [-0.2, 0) is 9.47 Å². The maximum absolute atomic E-state index is 13.9. The van der Waals surface area contributed by atoms with Gasteiger partial charge >= 0.3 is 0 Å². The number of phenolic OH excluding ortho intramolecular Hbond substituents is 1. The Morgan fingerprint density at radius 2 is 1.40 bits per heavy atom. The van der Waals surface area contributed by atoms with Gasteiger partial charge in [0.05, 0.1) is 30.4 Å². The number of aliphatic hydroxyl groups is 8. The van der Waals surface area contributed by atoms with Crippen LogP contribution in [0.5, 0.6) is 11.5 Å². The van der Waals surface area contributed by atoms with E-state index < -0.39 is 86.1 Å². The molecule has 2 saturated heterocycles. The van der Waals surface area contributed by atoms with E-state index in [1.807, 2.05) is 0 Å². The van der Waals surface area contributed by atoms with Crippen molar-refractivity contribution in [2.75, 3.05) is 13.2 Å². The number of aromatic hydroxyl groups is 1. The van der Waals surface area contributed by atoms with Gasteiger partial charge in [0.2, 0.25) is 12.1 Å². The van der Waals surface area contributed by atoms with Crippen molar-refractivity contribution in [2.45, 2.75) is 74.1 Å². The van der Waals surface area contributed by atoms with Crippen LogP contribution in [0.2, 0.25) is 0 Å². The molecule has 0 amide bonds. The van der Waals surface area contributed by atoms with E-state index >= 15 is 0 Å². The lowest BCUT2D eigenvalue weighted by Crippen LogP contribution is -2.60. The minimum absolute atomic E-state index is 0.104. The number of hydrogen-bond acceptors (Lipinski definition) is 13. The molecule has 2 aromatic carbocycles. The van der Waals surface area contributed by atoms with Crippen LogP contribution in [0.3, 0.4) is 0 Å². The summed E-state index contributed by atoms with van der Waals surface area (Å²) in [5, 5.41) is 92.7. The number of carbonyl (C=O) groups is 1. The molecule has 13 heteroatoms. The summed E-state index contributed by atoms with van der Waals surface area (Å²) in [6, 6.07) is 7.41. The summed E-state index contributed by atoms with van der Waals surface area (Å²) in [4.78, 5) is 13.9. The first-order valence-corrected chi connectivity index (χ1v) is 12.8. The van der Waals surface area contributed by atoms with Crippen LogP contribution in [0.15, 0.2) is 30.3 Å². The van der Waals surface area contributed by atoms with E-state index in [1.54, 1.807) is 19.1 Å². The number of aryl methyl sites for hydroxylation is 1. The van der Waals surface area contributed by atoms with Crippen LogP contribution < -0.4 is 4.74 Å². The summed E-state index contributed by atoms with van der Waals surface area (Å²) in [6.45, 7) is 0.311. The number of hydrogen-bond donors (Lipinski definition) is 9. The number of aliphatic hydroxyl groups excluding tert-OH is 8. The zero-order valence-corrected chi connectivity index (χ0v) is 21.3. The fourth-order valence-electron chi connectivity index (χ4n) is 5.78. The molecule has 2 aliphatic heterocycles. The molecule has 40 heavy (non-hydrogen) atoms. The molecule has 9 N–H and O–H groups in total. The molecule has 0 spiro atoms. The van der Waals surface area contributed by atoms with E-state index in [0.29, 0.717) is 5.56 Å². The number of ketones is 1. The Balaban J connectivity index is 1.63. The lowest BCUT2D eigenvalue weighted by atomic mass is 9.71. The molecule has 2 fully saturated rings. The second-order valence-electron chi connectivity index (χ2n) is 10.4. The van der Waals surface area contributed by atoms with Gasteiger partial charge in [0.1, 0.15) is 60.3 Å². The third-order valence-corrected chi connectivity index (χ3v) is 7.82. The molecule has 11 atom stereocenters. The first kappa shape index (κ1) is 28.8. The van der Waals surface area contributed by atoms with Gasteiger partial charge in [-0.05, 0) is 35.7 Å². The van der Waals surface area contributed by atoms with Gasteiger partial charge < -0.3 is 60.2 Å². The molecule has 2 unspecified atom stereocenters. The second-order valence-corrected chi connectivity index (χ2v) is 10.4. The number of phenols is 1. The summed E-state index contributed by atoms with van der Waals surface area (Å²) in [5.41, 5.74) is 0.854. The van der Waals surface area contributed by atoms with Gasteiger partial charge in [0.25, 0.3) is 0 Å². The van der Waals surface area contributed by atoms with Gasteiger partial charge in [-0.1, -0.05) is 18.2 Å². The Kier molecular flexibility index (Phi) is 7.89. The quantitative estimate of drug-likeness (QED) is 0.182. The van der Waals surface area contributed by atoms with E-state index in [1.165, 1.54) is 18.2 Å². The highest BCUT2D eigenvalue weighted by Gasteiger charge is 2.51. The fourth-order valence-corrected chi connectivity index (χ4v) is 5.78. The minimum Gasteiger partial charge on any atom is -0.507 e. The summed E-state index contributed by atoms with van der Waals surface area (Å²) < 4.78 is 17.1. The summed E-state index contributed by atoms with van der Waals surface area (Å²) in [5.74, 6) is -2.21. The number of fused-ring (bicyclic) bond motifs is 2. The van der Waals surface area contributed by atoms with Crippen molar-refractivity contribution >= 4 is 5.78 Å². The van der Waals surface area contributed by atoms with E-state index in [2.05, 4.69) is 0 Å². The number of ether oxygens (including phenoxy) is 3. The van der Waals surface area contributed by atoms with Crippen LogP contribution in [0.25, 0.3) is 0 Å². The van der Waals surface area contributed by atoms with Crippen LogP contribution in [0.4, 0.5) is 0 Å². The molecule has 3 aliphatic rings. The summed E-state index contributed by atoms with van der Waals surface area (Å²) in [6.07, 6.45) is -15.5. The minimum atomic E-state index is -1.77. The van der Waals surface area contributed by atoms with Crippen molar-refractivity contribution in [2.24, 2.45) is 0 Å². The average Bonchev–Trinajstić information content (AvgIpc) is 2.92. The molecule has 0 saturated carbocycles. The maximum Gasteiger partial charge on any atom is 0.229 e. The summed E-state index contributed by atoms with van der Waals surface area (Å²) in [7, 11) is 0. The van der Waals surface area contributed by atoms with Crippen LogP contribution in [0.1, 0.15) is 38.5 Å². The SMILES string of the molecule is Cc1cc(O)c2c(c1)[C@@H]([C@@H]1OC(CO)[C@@H](O)[C@H](O)[C@H]1O)c1cccc(O[C@H]3OC(CO)[C@@H](O)[C@H](O)[C@H]3O)c1C2=O. The van der Waals surface area contributed by atoms with Crippen molar-refractivity contribution in [1.82, 2.24) is 0 Å². The van der Waals surface area contributed by atoms with Crippen molar-refractivity contribution < 1.29 is 65.0 Å². The standard InChI is InChI=1S/C27H32O13/c1-9-5-11-16(26-24(36)22(34)19(31)14(7-28)38-26)10-3-2-4-13(18(10)21(33)17(11)12(30)6-9)39-27-25(37)23(35)20(32)15(8-29)40-27/h2-6,14-16,19-20,22-32,34-37H,7-8H2,1H3/t14?,15?,16-,19+,20+,22-,23-,24+,25+,26-,27-/m0/s1. The van der Waals surface area contributed by atoms with Gasteiger partial charge in [0, 0.05) is 5.92 Å². The van der Waals surface area contributed by atoms with Gasteiger partial charge in [-0.15, -0.1) is 0 Å². The highest BCUT2D eigenvalue weighted by Crippen LogP contribution is 2.48. The van der Waals surface area contributed by atoms with E-state index in [4.69, 9.17) is 14.2 Å². The topological polar surface area (TPSA) is 227 Å². The molecule has 218 valence electrons. The third kappa shape index (κ3) is 4.58. The van der Waals surface area contributed by atoms with Gasteiger partial charge in [0.15, 0.2) is 0 Å². The maximum atomic E-state index is 13.9. The Bertz CT molecular complexity index is 1260. The molecule has 0 radical (unpaired) electrons. The number of carbonyl (C=O) groups excluding carboxylic acids is 1. The fraction of sp³-hybridized carbons (Fsp3) is 0.519. The smallest absolute Gasteiger partial charge is 0.229 e. The molecule has 13 nitrogen and oxygen atoms in total. The molecule has 1 aliphatic carbocycles. The first-order chi connectivity index (χ1) is 19.0. The first-order valence-electron chi connectivity index (χ1n) is 12.8. The van der Waals surface area contributed by atoms with Crippen LogP contribution >= 0.6 is 0 Å². The van der Waals surface area contributed by atoms with Gasteiger partial charge in [-0.2, -0.15) is 0 Å². The number of benzene rings is 2. The molecule has 5 rings (SSSR count). The van der Waals surface area contributed by atoms with Crippen molar-refractivity contribution in [3.8, 4) is 11.5 Å². The zero-order valence-electron chi connectivity index (χ0n) is 21.3. The molecular formula is C27H32O13. The predicted octanol–water partition coefficient (Wildman–Crippen LogP) is -2.60. The van der Waals surface area contributed by atoms with E-state index in [0.717, 1.165) is 0 Å². The zero-order chi connectivity index (χ0) is 29.0. The predicted molar refractivity (Wildman–Crippen MR) is 133 cm³/mol. The number of rotatable bonds is 5. The van der Waals surface area contributed by atoms with Crippen molar-refractivity contribution in [3.63, 3.8) is 0 Å². The Labute approximate surface area is 228 Å². The monoisotopic (exact) mass is 564 g/mol. The van der Waals surface area contributed by atoms with Crippen LogP contribution in [-0.4, -0.2) is 126 Å². The van der Waals surface area contributed by atoms with E-state index in [-0.39, 0.29) is 33.8 Å².